The molecular formula is C28H34N4O. The lowest BCUT2D eigenvalue weighted by Gasteiger charge is -2.17. The second-order valence-corrected chi connectivity index (χ2v) is 8.07. The lowest BCUT2D eigenvalue weighted by molar-refractivity contribution is 0.396. The quantitative estimate of drug-likeness (QED) is 0.333. The molecule has 0 radical (unpaired) electrons. The maximum Gasteiger partial charge on any atom is 0.213 e. The number of allylic oxidation sites excluding steroid dienone is 2. The summed E-state index contributed by atoms with van der Waals surface area (Å²) in [6.07, 6.45) is 4.68. The van der Waals surface area contributed by atoms with Gasteiger partial charge >= 0.3 is 0 Å². The number of ether oxygens (including phenoxy) is 1. The third-order valence-corrected chi connectivity index (χ3v) is 5.62. The Balaban J connectivity index is 0.000000709. The van der Waals surface area contributed by atoms with Gasteiger partial charge in [0.05, 0.1) is 7.11 Å². The molecule has 0 saturated heterocycles. The molecule has 0 aromatic carbocycles. The zero-order valence-corrected chi connectivity index (χ0v) is 20.8. The average molecular weight is 443 g/mol. The molecule has 33 heavy (non-hydrogen) atoms. The van der Waals surface area contributed by atoms with Gasteiger partial charge in [-0.25, -0.2) is 9.97 Å². The van der Waals surface area contributed by atoms with Crippen LogP contribution in [0.15, 0.2) is 66.7 Å². The first-order valence-electron chi connectivity index (χ1n) is 11.3. The van der Waals surface area contributed by atoms with Crippen LogP contribution < -0.4 is 4.74 Å². The van der Waals surface area contributed by atoms with E-state index in [4.69, 9.17) is 9.72 Å². The normalized spacial score (nSPS) is 10.9. The van der Waals surface area contributed by atoms with Crippen molar-refractivity contribution in [1.29, 1.82) is 0 Å². The molecule has 0 amide bonds. The Morgan fingerprint density at radius 1 is 0.727 bits per heavy atom. The number of hydrogen-bond donors (Lipinski definition) is 0. The summed E-state index contributed by atoms with van der Waals surface area (Å²) in [6, 6.07) is 18.6. The van der Waals surface area contributed by atoms with Crippen molar-refractivity contribution in [3.63, 3.8) is 0 Å². The zero-order chi connectivity index (χ0) is 24.0. The molecule has 0 unspecified atom stereocenters. The van der Waals surface area contributed by atoms with Crippen molar-refractivity contribution in [2.24, 2.45) is 0 Å². The molecule has 0 N–H and O–H groups in total. The summed E-state index contributed by atoms with van der Waals surface area (Å²) in [4.78, 5) is 9.70. The number of aromatic nitrogens is 4. The molecule has 5 heteroatoms. The van der Waals surface area contributed by atoms with Crippen LogP contribution in [0.25, 0.3) is 11.6 Å². The van der Waals surface area contributed by atoms with Crippen LogP contribution in [0.5, 0.6) is 5.88 Å². The molecule has 4 aromatic rings. The highest BCUT2D eigenvalue weighted by atomic mass is 16.5. The Hall–Kier alpha value is -3.60. The Kier molecular flexibility index (Phi) is 7.88. The molecule has 4 rings (SSSR count). The van der Waals surface area contributed by atoms with Crippen LogP contribution in [0.4, 0.5) is 0 Å². The summed E-state index contributed by atoms with van der Waals surface area (Å²) in [6.45, 7) is 12.4. The molecule has 4 aromatic heterocycles. The van der Waals surface area contributed by atoms with Gasteiger partial charge in [0.25, 0.3) is 0 Å². The second kappa shape index (κ2) is 10.8. The van der Waals surface area contributed by atoms with Gasteiger partial charge in [0.2, 0.25) is 5.88 Å². The van der Waals surface area contributed by atoms with Gasteiger partial charge in [-0.05, 0) is 77.9 Å². The minimum Gasteiger partial charge on any atom is -0.481 e. The standard InChI is InChI=1S/C24H26N4O.C4H8/c1-16-9-10-17(2)27(16)22-14-13-20(15-21-7-6-8-23(25-21)29-5)24(26-22)28-18(3)11-12-19(28)4;1-3-4-2/h6-14H,15H2,1-5H3;3-4H,1-2H3/b;4-3+. The molecule has 0 saturated carbocycles. The number of aryl methyl sites for hydroxylation is 4. The molecule has 0 aliphatic heterocycles. The second-order valence-electron chi connectivity index (χ2n) is 8.07. The minimum absolute atomic E-state index is 0.626. The number of nitrogens with zero attached hydrogens (tertiary/aromatic N) is 4. The Morgan fingerprint density at radius 3 is 1.85 bits per heavy atom. The first kappa shape index (κ1) is 24.1. The summed E-state index contributed by atoms with van der Waals surface area (Å²) in [5, 5.41) is 0. The van der Waals surface area contributed by atoms with E-state index in [1.807, 2.05) is 44.2 Å². The van der Waals surface area contributed by atoms with Gasteiger partial charge in [0.15, 0.2) is 0 Å². The van der Waals surface area contributed by atoms with Gasteiger partial charge in [0.1, 0.15) is 11.6 Å². The molecule has 0 atom stereocenters. The lowest BCUT2D eigenvalue weighted by atomic mass is 10.1. The fourth-order valence-electron chi connectivity index (χ4n) is 3.82. The summed E-state index contributed by atoms with van der Waals surface area (Å²) < 4.78 is 9.69. The average Bonchev–Trinajstić information content (AvgIpc) is 3.34. The maximum absolute atomic E-state index is 5.29. The van der Waals surface area contributed by atoms with Crippen molar-refractivity contribution >= 4 is 0 Å². The zero-order valence-electron chi connectivity index (χ0n) is 20.8. The first-order chi connectivity index (χ1) is 15.9. The van der Waals surface area contributed by atoms with Gasteiger partial charge in [0, 0.05) is 46.5 Å². The molecular weight excluding hydrogens is 408 g/mol. The number of pyridine rings is 2. The van der Waals surface area contributed by atoms with Crippen LogP contribution in [-0.2, 0) is 6.42 Å². The van der Waals surface area contributed by atoms with E-state index < -0.39 is 0 Å². The van der Waals surface area contributed by atoms with E-state index in [0.717, 1.165) is 34.3 Å². The highest BCUT2D eigenvalue weighted by Gasteiger charge is 2.15. The van der Waals surface area contributed by atoms with E-state index >= 15 is 0 Å². The Morgan fingerprint density at radius 2 is 1.30 bits per heavy atom. The molecule has 5 nitrogen and oxygen atoms in total. The van der Waals surface area contributed by atoms with Gasteiger partial charge in [-0.2, -0.15) is 0 Å². The van der Waals surface area contributed by atoms with Crippen molar-refractivity contribution in [2.75, 3.05) is 7.11 Å². The summed E-state index contributed by atoms with van der Waals surface area (Å²) in [5.41, 5.74) is 6.74. The molecule has 4 heterocycles. The van der Waals surface area contributed by atoms with Crippen LogP contribution >= 0.6 is 0 Å². The van der Waals surface area contributed by atoms with Gasteiger partial charge in [-0.1, -0.05) is 24.3 Å². The summed E-state index contributed by atoms with van der Waals surface area (Å²) >= 11 is 0. The van der Waals surface area contributed by atoms with Crippen molar-refractivity contribution in [3.05, 3.63) is 101 Å². The highest BCUT2D eigenvalue weighted by molar-refractivity contribution is 5.46. The fourth-order valence-corrected chi connectivity index (χ4v) is 3.82. The van der Waals surface area contributed by atoms with E-state index in [1.54, 1.807) is 7.11 Å². The predicted octanol–water partition coefficient (Wildman–Crippen LogP) is 6.47. The minimum atomic E-state index is 0.626. The van der Waals surface area contributed by atoms with Crippen molar-refractivity contribution in [2.45, 2.75) is 48.0 Å². The smallest absolute Gasteiger partial charge is 0.213 e. The van der Waals surface area contributed by atoms with E-state index in [-0.39, 0.29) is 0 Å². The number of hydrogen-bond acceptors (Lipinski definition) is 3. The van der Waals surface area contributed by atoms with Crippen LogP contribution in [0, 0.1) is 27.7 Å². The summed E-state index contributed by atoms with van der Waals surface area (Å²) in [7, 11) is 1.64. The van der Waals surface area contributed by atoms with E-state index in [2.05, 4.69) is 78.2 Å². The SMILES string of the molecule is C/C=C/C.COc1cccc(Cc2ccc(-n3c(C)ccc3C)nc2-n2c(C)ccc2C)n1. The predicted molar refractivity (Wildman–Crippen MR) is 136 cm³/mol. The molecule has 0 aliphatic carbocycles. The number of methoxy groups -OCH3 is 1. The van der Waals surface area contributed by atoms with Crippen LogP contribution in [-0.4, -0.2) is 26.2 Å². The van der Waals surface area contributed by atoms with E-state index in [9.17, 15) is 0 Å². The molecule has 172 valence electrons. The van der Waals surface area contributed by atoms with Gasteiger partial charge in [-0.3, -0.25) is 0 Å². The molecule has 0 aliphatic rings. The highest BCUT2D eigenvalue weighted by Crippen LogP contribution is 2.24. The van der Waals surface area contributed by atoms with Crippen molar-refractivity contribution in [1.82, 2.24) is 19.1 Å². The monoisotopic (exact) mass is 442 g/mol. The fraction of sp³-hybridized carbons (Fsp3) is 0.286. The van der Waals surface area contributed by atoms with Crippen LogP contribution in [0.2, 0.25) is 0 Å². The third-order valence-electron chi connectivity index (χ3n) is 5.62. The van der Waals surface area contributed by atoms with E-state index in [1.165, 1.54) is 11.4 Å². The van der Waals surface area contributed by atoms with Gasteiger partial charge in [-0.15, -0.1) is 0 Å². The third kappa shape index (κ3) is 5.43. The first-order valence-corrected chi connectivity index (χ1v) is 11.3. The maximum atomic E-state index is 5.29. The van der Waals surface area contributed by atoms with Crippen LogP contribution in [0.1, 0.15) is 47.9 Å². The number of rotatable bonds is 5. The van der Waals surface area contributed by atoms with Crippen molar-refractivity contribution < 1.29 is 4.74 Å². The molecule has 0 fully saturated rings. The topological polar surface area (TPSA) is 44.9 Å². The van der Waals surface area contributed by atoms with Gasteiger partial charge < -0.3 is 13.9 Å². The molecule has 0 bridgehead atoms. The van der Waals surface area contributed by atoms with Crippen molar-refractivity contribution in [3.8, 4) is 17.5 Å². The Bertz CT molecular complexity index is 1200. The van der Waals surface area contributed by atoms with Crippen LogP contribution in [0.3, 0.4) is 0 Å². The lowest BCUT2D eigenvalue weighted by Crippen LogP contribution is -2.11. The Labute approximate surface area is 197 Å². The summed E-state index contributed by atoms with van der Waals surface area (Å²) in [5.74, 6) is 2.50. The molecule has 0 spiro atoms. The van der Waals surface area contributed by atoms with E-state index in [0.29, 0.717) is 12.3 Å². The largest absolute Gasteiger partial charge is 0.481 e.